The fraction of sp³-hybridized carbons (Fsp3) is 0.577. The molecule has 1 N–H and O–H groups in total. The van der Waals surface area contributed by atoms with Gasteiger partial charge in [0.05, 0.1) is 6.10 Å². The fourth-order valence-corrected chi connectivity index (χ4v) is 6.40. The van der Waals surface area contributed by atoms with Gasteiger partial charge in [-0.2, -0.15) is 5.48 Å². The standard InChI is InChI=1S/C26H34ClN3O2/c1-18-21-17-30(23-13-6-12-22(27)25(23)26(21)28-32-18)20-11-7-15-29(16-20)24(31)14-5-10-19-8-3-2-4-9-19/h2-4,6,8-9,12-13,18,20-21,23,25-26,28H,5,7,10-11,14-17H2,1H3. The second kappa shape index (κ2) is 9.68. The van der Waals surface area contributed by atoms with Gasteiger partial charge in [-0.05, 0) is 44.2 Å². The van der Waals surface area contributed by atoms with Gasteiger partial charge in [0.15, 0.2) is 0 Å². The lowest BCUT2D eigenvalue weighted by Crippen LogP contribution is -2.63. The van der Waals surface area contributed by atoms with Crippen LogP contribution >= 0.6 is 11.6 Å². The van der Waals surface area contributed by atoms with E-state index in [0.717, 1.165) is 50.3 Å². The van der Waals surface area contributed by atoms with E-state index in [4.69, 9.17) is 16.4 Å². The molecule has 3 aliphatic heterocycles. The summed E-state index contributed by atoms with van der Waals surface area (Å²) in [5.41, 5.74) is 4.58. The second-order valence-electron chi connectivity index (χ2n) is 9.76. The highest BCUT2D eigenvalue weighted by atomic mass is 35.5. The van der Waals surface area contributed by atoms with Crippen molar-refractivity contribution in [1.29, 1.82) is 0 Å². The van der Waals surface area contributed by atoms with E-state index in [0.29, 0.717) is 24.3 Å². The molecule has 6 atom stereocenters. The Morgan fingerprint density at radius 3 is 2.94 bits per heavy atom. The first-order valence-electron chi connectivity index (χ1n) is 12.1. The Balaban J connectivity index is 1.23. The van der Waals surface area contributed by atoms with Gasteiger partial charge in [-0.15, -0.1) is 0 Å². The Labute approximate surface area is 196 Å². The molecular weight excluding hydrogens is 422 g/mol. The zero-order chi connectivity index (χ0) is 22.1. The predicted octanol–water partition coefficient (Wildman–Crippen LogP) is 3.90. The van der Waals surface area contributed by atoms with Crippen LogP contribution in [0.25, 0.3) is 0 Å². The van der Waals surface area contributed by atoms with Crippen LogP contribution in [0.1, 0.15) is 38.2 Å². The second-order valence-corrected chi connectivity index (χ2v) is 10.2. The summed E-state index contributed by atoms with van der Waals surface area (Å²) in [5, 5.41) is 0.909. The van der Waals surface area contributed by atoms with Gasteiger partial charge in [0, 0.05) is 61.0 Å². The molecule has 5 nitrogen and oxygen atoms in total. The number of hydrogen-bond donors (Lipinski definition) is 1. The normalized spacial score (nSPS) is 34.7. The summed E-state index contributed by atoms with van der Waals surface area (Å²) < 4.78 is 0. The fourth-order valence-electron chi connectivity index (χ4n) is 6.07. The van der Waals surface area contributed by atoms with Crippen molar-refractivity contribution < 1.29 is 9.63 Å². The molecule has 1 amide bonds. The smallest absolute Gasteiger partial charge is 0.222 e. The quantitative estimate of drug-likeness (QED) is 0.731. The van der Waals surface area contributed by atoms with Crippen LogP contribution in [0.3, 0.4) is 0 Å². The third kappa shape index (κ3) is 4.41. The monoisotopic (exact) mass is 455 g/mol. The van der Waals surface area contributed by atoms with Gasteiger partial charge in [0.1, 0.15) is 0 Å². The van der Waals surface area contributed by atoms with E-state index in [1.807, 2.05) is 12.1 Å². The first kappa shape index (κ1) is 22.1. The summed E-state index contributed by atoms with van der Waals surface area (Å²) in [7, 11) is 0. The first-order valence-corrected chi connectivity index (χ1v) is 12.5. The van der Waals surface area contributed by atoms with Crippen LogP contribution in [-0.4, -0.2) is 59.6 Å². The first-order chi connectivity index (χ1) is 15.6. The van der Waals surface area contributed by atoms with Crippen molar-refractivity contribution >= 4 is 17.5 Å². The molecule has 6 heteroatoms. The molecule has 1 aromatic rings. The summed E-state index contributed by atoms with van der Waals surface area (Å²) in [6.45, 7) is 4.83. The highest BCUT2D eigenvalue weighted by molar-refractivity contribution is 6.30. The number of fused-ring (bicyclic) bond motifs is 3. The third-order valence-electron chi connectivity index (χ3n) is 7.81. The molecule has 6 unspecified atom stereocenters. The average Bonchev–Trinajstić information content (AvgIpc) is 3.20. The number of hydrogen-bond acceptors (Lipinski definition) is 4. The van der Waals surface area contributed by atoms with Crippen molar-refractivity contribution in [1.82, 2.24) is 15.3 Å². The van der Waals surface area contributed by atoms with Gasteiger partial charge < -0.3 is 4.90 Å². The Morgan fingerprint density at radius 2 is 2.09 bits per heavy atom. The number of piperidine rings is 2. The van der Waals surface area contributed by atoms with Crippen molar-refractivity contribution in [3.8, 4) is 0 Å². The van der Waals surface area contributed by atoms with E-state index in [1.54, 1.807) is 0 Å². The minimum atomic E-state index is 0.165. The van der Waals surface area contributed by atoms with E-state index < -0.39 is 0 Å². The summed E-state index contributed by atoms with van der Waals surface area (Å²) in [5.74, 6) is 0.914. The molecule has 1 aliphatic carbocycles. The molecule has 1 aromatic carbocycles. The molecule has 3 heterocycles. The number of carbonyl (C=O) groups is 1. The number of rotatable bonds is 5. The molecule has 3 fully saturated rings. The molecule has 5 rings (SSSR count). The molecule has 4 aliphatic rings. The van der Waals surface area contributed by atoms with Gasteiger partial charge in [-0.25, -0.2) is 0 Å². The number of carbonyl (C=O) groups excluding carboxylic acids is 1. The molecule has 3 saturated heterocycles. The van der Waals surface area contributed by atoms with Gasteiger partial charge in [0.2, 0.25) is 5.91 Å². The summed E-state index contributed by atoms with van der Waals surface area (Å²) >= 11 is 6.72. The number of hydroxylamine groups is 1. The van der Waals surface area contributed by atoms with Gasteiger partial charge in [-0.3, -0.25) is 14.5 Å². The maximum Gasteiger partial charge on any atom is 0.222 e. The molecule has 0 radical (unpaired) electrons. The van der Waals surface area contributed by atoms with E-state index in [9.17, 15) is 4.79 Å². The number of benzene rings is 1. The van der Waals surface area contributed by atoms with Crippen LogP contribution in [-0.2, 0) is 16.1 Å². The minimum Gasteiger partial charge on any atom is -0.341 e. The van der Waals surface area contributed by atoms with Crippen molar-refractivity contribution in [3.05, 3.63) is 59.2 Å². The van der Waals surface area contributed by atoms with Crippen LogP contribution in [0.2, 0.25) is 0 Å². The van der Waals surface area contributed by atoms with Crippen molar-refractivity contribution in [2.24, 2.45) is 11.8 Å². The molecule has 0 spiro atoms. The average molecular weight is 456 g/mol. The van der Waals surface area contributed by atoms with Gasteiger partial charge >= 0.3 is 0 Å². The Morgan fingerprint density at radius 1 is 1.25 bits per heavy atom. The summed E-state index contributed by atoms with van der Waals surface area (Å²) in [6, 6.07) is 11.3. The number of amides is 1. The predicted molar refractivity (Wildman–Crippen MR) is 127 cm³/mol. The number of allylic oxidation sites excluding steroid dienone is 2. The topological polar surface area (TPSA) is 44.8 Å². The Kier molecular flexibility index (Phi) is 6.70. The van der Waals surface area contributed by atoms with Crippen LogP contribution in [0.15, 0.2) is 53.6 Å². The summed E-state index contributed by atoms with van der Waals surface area (Å²) in [6.07, 6.45) is 11.3. The van der Waals surface area contributed by atoms with Crippen LogP contribution in [0, 0.1) is 11.8 Å². The largest absolute Gasteiger partial charge is 0.341 e. The Hall–Kier alpha value is -1.66. The zero-order valence-corrected chi connectivity index (χ0v) is 19.6. The number of nitrogens with one attached hydrogen (secondary N) is 1. The third-order valence-corrected chi connectivity index (χ3v) is 8.19. The number of likely N-dealkylation sites (tertiary alicyclic amines) is 2. The molecule has 0 saturated carbocycles. The van der Waals surface area contributed by atoms with Crippen molar-refractivity contribution in [2.75, 3.05) is 19.6 Å². The highest BCUT2D eigenvalue weighted by Gasteiger charge is 2.51. The van der Waals surface area contributed by atoms with Gasteiger partial charge in [0.25, 0.3) is 0 Å². The Bertz CT molecular complexity index is 873. The number of halogens is 1. The molecule has 172 valence electrons. The SMILES string of the molecule is CC1ONC2C1CN(C1CCCN(C(=O)CCCc3ccccc3)C1)C1C=CC=C(Cl)C21. The maximum absolute atomic E-state index is 13.0. The number of nitrogens with zero attached hydrogens (tertiary/aromatic N) is 2. The van der Waals surface area contributed by atoms with E-state index >= 15 is 0 Å². The maximum atomic E-state index is 13.0. The lowest BCUT2D eigenvalue weighted by molar-refractivity contribution is -0.134. The minimum absolute atomic E-state index is 0.165. The van der Waals surface area contributed by atoms with Crippen LogP contribution in [0.5, 0.6) is 0 Å². The van der Waals surface area contributed by atoms with E-state index in [2.05, 4.69) is 58.6 Å². The lowest BCUT2D eigenvalue weighted by atomic mass is 9.74. The lowest BCUT2D eigenvalue weighted by Gasteiger charge is -2.51. The van der Waals surface area contributed by atoms with Crippen molar-refractivity contribution in [3.63, 3.8) is 0 Å². The zero-order valence-electron chi connectivity index (χ0n) is 18.8. The van der Waals surface area contributed by atoms with Crippen LogP contribution in [0.4, 0.5) is 0 Å². The van der Waals surface area contributed by atoms with Gasteiger partial charge in [-0.1, -0.05) is 54.1 Å². The van der Waals surface area contributed by atoms with Crippen molar-refractivity contribution in [2.45, 2.75) is 63.3 Å². The molecular formula is C26H34ClN3O2. The van der Waals surface area contributed by atoms with E-state index in [-0.39, 0.29) is 24.1 Å². The van der Waals surface area contributed by atoms with Crippen LogP contribution < -0.4 is 5.48 Å². The highest BCUT2D eigenvalue weighted by Crippen LogP contribution is 2.43. The number of aryl methyl sites for hydroxylation is 1. The summed E-state index contributed by atoms with van der Waals surface area (Å²) in [4.78, 5) is 23.6. The molecule has 0 aromatic heterocycles. The molecule has 0 bridgehead atoms. The van der Waals surface area contributed by atoms with E-state index in [1.165, 1.54) is 5.56 Å². The molecule has 32 heavy (non-hydrogen) atoms.